The first kappa shape index (κ1) is 20.7. The minimum absolute atomic E-state index is 0.170. The number of amides is 1. The molecule has 3 heterocycles. The Morgan fingerprint density at radius 2 is 1.83 bits per heavy atom. The predicted octanol–water partition coefficient (Wildman–Crippen LogP) is 5.11. The number of thioether (sulfide) groups is 1. The number of rotatable bonds is 5. The minimum atomic E-state index is -0.252. The SMILES string of the molecule is Cc1occc1-c1nnc(S[C@H](C)C(=O)N2[C@H](C)CCC[C@H]2C)n1-c1ccccc1. The number of likely N-dealkylation sites (tertiary alicyclic amines) is 1. The average molecular weight is 425 g/mol. The molecule has 3 atom stereocenters. The maximum absolute atomic E-state index is 13.3. The molecule has 6 nitrogen and oxygen atoms in total. The molecule has 3 aromatic rings. The van der Waals surface area contributed by atoms with Gasteiger partial charge in [0.15, 0.2) is 11.0 Å². The molecule has 30 heavy (non-hydrogen) atoms. The molecule has 1 aromatic carbocycles. The van der Waals surface area contributed by atoms with Crippen LogP contribution in [0, 0.1) is 6.92 Å². The lowest BCUT2D eigenvalue weighted by molar-refractivity contribution is -0.136. The summed E-state index contributed by atoms with van der Waals surface area (Å²) in [4.78, 5) is 15.4. The van der Waals surface area contributed by atoms with Crippen molar-refractivity contribution in [1.29, 1.82) is 0 Å². The third-order valence-corrected chi connectivity index (χ3v) is 6.86. The Morgan fingerprint density at radius 1 is 1.13 bits per heavy atom. The lowest BCUT2D eigenvalue weighted by Gasteiger charge is -2.40. The number of benzene rings is 1. The zero-order valence-corrected chi connectivity index (χ0v) is 18.7. The summed E-state index contributed by atoms with van der Waals surface area (Å²) in [7, 11) is 0. The second-order valence-electron chi connectivity index (χ2n) is 8.00. The molecule has 0 spiro atoms. The van der Waals surface area contributed by atoms with Crippen LogP contribution in [0.15, 0.2) is 52.2 Å². The molecular formula is C23H28N4O2S. The van der Waals surface area contributed by atoms with Gasteiger partial charge in [0.1, 0.15) is 5.76 Å². The molecule has 1 fully saturated rings. The second kappa shape index (κ2) is 8.68. The van der Waals surface area contributed by atoms with Crippen molar-refractivity contribution in [3.8, 4) is 17.1 Å². The first-order valence-corrected chi connectivity index (χ1v) is 11.4. The van der Waals surface area contributed by atoms with E-state index in [-0.39, 0.29) is 23.2 Å². The Kier molecular flexibility index (Phi) is 5.99. The highest BCUT2D eigenvalue weighted by Gasteiger charge is 2.33. The third-order valence-electron chi connectivity index (χ3n) is 5.83. The number of piperidine rings is 1. The molecule has 0 bridgehead atoms. The zero-order chi connectivity index (χ0) is 21.3. The van der Waals surface area contributed by atoms with E-state index < -0.39 is 0 Å². The van der Waals surface area contributed by atoms with Gasteiger partial charge in [-0.3, -0.25) is 9.36 Å². The van der Waals surface area contributed by atoms with Crippen molar-refractivity contribution in [3.05, 3.63) is 48.4 Å². The summed E-state index contributed by atoms with van der Waals surface area (Å²) in [5, 5.41) is 9.37. The van der Waals surface area contributed by atoms with E-state index in [0.29, 0.717) is 11.0 Å². The van der Waals surface area contributed by atoms with Gasteiger partial charge in [-0.15, -0.1) is 10.2 Å². The van der Waals surface area contributed by atoms with E-state index in [1.807, 2.05) is 54.8 Å². The lowest BCUT2D eigenvalue weighted by atomic mass is 9.97. The van der Waals surface area contributed by atoms with E-state index >= 15 is 0 Å². The Labute approximate surface area is 181 Å². The van der Waals surface area contributed by atoms with Crippen LogP contribution in [0.4, 0.5) is 0 Å². The molecule has 0 aliphatic carbocycles. The number of carbonyl (C=O) groups is 1. The van der Waals surface area contributed by atoms with E-state index in [2.05, 4.69) is 28.9 Å². The fourth-order valence-corrected chi connectivity index (χ4v) is 5.15. The third kappa shape index (κ3) is 3.90. The van der Waals surface area contributed by atoms with Crippen molar-refractivity contribution in [3.63, 3.8) is 0 Å². The summed E-state index contributed by atoms with van der Waals surface area (Å²) in [6.45, 7) is 8.18. The molecule has 1 aliphatic heterocycles. The molecule has 0 saturated carbocycles. The van der Waals surface area contributed by atoms with Crippen LogP contribution in [0.5, 0.6) is 0 Å². The quantitative estimate of drug-likeness (QED) is 0.533. The number of aryl methyl sites for hydroxylation is 1. The van der Waals surface area contributed by atoms with E-state index in [0.717, 1.165) is 29.9 Å². The van der Waals surface area contributed by atoms with E-state index in [9.17, 15) is 4.79 Å². The molecule has 2 aromatic heterocycles. The monoisotopic (exact) mass is 424 g/mol. The van der Waals surface area contributed by atoms with Crippen molar-refractivity contribution >= 4 is 17.7 Å². The van der Waals surface area contributed by atoms with Gasteiger partial charge >= 0.3 is 0 Å². The van der Waals surface area contributed by atoms with E-state index in [1.54, 1.807) is 6.26 Å². The second-order valence-corrected chi connectivity index (χ2v) is 9.31. The van der Waals surface area contributed by atoms with Crippen molar-refractivity contribution < 1.29 is 9.21 Å². The van der Waals surface area contributed by atoms with Gasteiger partial charge in [-0.1, -0.05) is 30.0 Å². The molecule has 1 amide bonds. The van der Waals surface area contributed by atoms with Crippen LogP contribution >= 0.6 is 11.8 Å². The average Bonchev–Trinajstić information content (AvgIpc) is 3.34. The molecule has 0 radical (unpaired) electrons. The molecule has 158 valence electrons. The largest absolute Gasteiger partial charge is 0.469 e. The van der Waals surface area contributed by atoms with Crippen LogP contribution in [-0.4, -0.2) is 42.9 Å². The number of aromatic nitrogens is 3. The highest BCUT2D eigenvalue weighted by molar-refractivity contribution is 8.00. The van der Waals surface area contributed by atoms with Crippen molar-refractivity contribution in [2.75, 3.05) is 0 Å². The zero-order valence-electron chi connectivity index (χ0n) is 17.9. The molecule has 1 saturated heterocycles. The van der Waals surface area contributed by atoms with E-state index in [4.69, 9.17) is 4.42 Å². The van der Waals surface area contributed by atoms with Gasteiger partial charge in [0.25, 0.3) is 0 Å². The Balaban J connectivity index is 1.67. The highest BCUT2D eigenvalue weighted by atomic mass is 32.2. The summed E-state index contributed by atoms with van der Waals surface area (Å²) in [6.07, 6.45) is 4.98. The molecule has 4 rings (SSSR count). The standard InChI is InChI=1S/C23H28N4O2S/c1-15-9-8-10-16(2)26(15)22(28)18(4)30-23-25-24-21(20-13-14-29-17(20)3)27(23)19-11-6-5-7-12-19/h5-7,11-16,18H,8-10H2,1-4H3/t15-,16-,18-/m1/s1. The van der Waals surface area contributed by atoms with Gasteiger partial charge in [0, 0.05) is 17.8 Å². The van der Waals surface area contributed by atoms with Crippen molar-refractivity contribution in [2.45, 2.75) is 69.4 Å². The first-order chi connectivity index (χ1) is 14.5. The maximum Gasteiger partial charge on any atom is 0.236 e. The first-order valence-electron chi connectivity index (χ1n) is 10.5. The Morgan fingerprint density at radius 3 is 2.47 bits per heavy atom. The molecule has 0 N–H and O–H groups in total. The number of furan rings is 1. The molecule has 0 unspecified atom stereocenters. The molecular weight excluding hydrogens is 396 g/mol. The van der Waals surface area contributed by atoms with Gasteiger partial charge < -0.3 is 9.32 Å². The van der Waals surface area contributed by atoms with Crippen LogP contribution in [0.1, 0.15) is 45.8 Å². The number of hydrogen-bond acceptors (Lipinski definition) is 5. The van der Waals surface area contributed by atoms with E-state index in [1.165, 1.54) is 18.2 Å². The van der Waals surface area contributed by atoms with Gasteiger partial charge in [-0.05, 0) is 65.2 Å². The van der Waals surface area contributed by atoms with Crippen LogP contribution < -0.4 is 0 Å². The fourth-order valence-electron chi connectivity index (χ4n) is 4.22. The van der Waals surface area contributed by atoms with Crippen LogP contribution in [0.2, 0.25) is 0 Å². The predicted molar refractivity (Wildman–Crippen MR) is 119 cm³/mol. The summed E-state index contributed by atoms with van der Waals surface area (Å²) >= 11 is 1.46. The minimum Gasteiger partial charge on any atom is -0.469 e. The lowest BCUT2D eigenvalue weighted by Crippen LogP contribution is -2.50. The normalized spacial score (nSPS) is 20.3. The Hall–Kier alpha value is -2.54. The Bertz CT molecular complexity index is 1000. The number of carbonyl (C=O) groups excluding carboxylic acids is 1. The van der Waals surface area contributed by atoms with Crippen LogP contribution in [0.25, 0.3) is 17.1 Å². The van der Waals surface area contributed by atoms with Crippen LogP contribution in [-0.2, 0) is 4.79 Å². The van der Waals surface area contributed by atoms with Crippen molar-refractivity contribution in [2.24, 2.45) is 0 Å². The van der Waals surface area contributed by atoms with Gasteiger partial charge in [0.2, 0.25) is 5.91 Å². The van der Waals surface area contributed by atoms with Gasteiger partial charge in [-0.25, -0.2) is 0 Å². The fraction of sp³-hybridized carbons (Fsp3) is 0.435. The number of para-hydroxylation sites is 1. The number of nitrogens with zero attached hydrogens (tertiary/aromatic N) is 4. The summed E-state index contributed by atoms with van der Waals surface area (Å²) < 4.78 is 7.50. The topological polar surface area (TPSA) is 64.2 Å². The van der Waals surface area contributed by atoms with Gasteiger partial charge in [-0.2, -0.15) is 0 Å². The molecule has 1 aliphatic rings. The summed E-state index contributed by atoms with van der Waals surface area (Å²) in [6, 6.07) is 12.5. The molecule has 7 heteroatoms. The van der Waals surface area contributed by atoms with Crippen LogP contribution in [0.3, 0.4) is 0 Å². The van der Waals surface area contributed by atoms with Crippen molar-refractivity contribution in [1.82, 2.24) is 19.7 Å². The summed E-state index contributed by atoms with van der Waals surface area (Å²) in [5.41, 5.74) is 1.86. The smallest absolute Gasteiger partial charge is 0.236 e. The highest BCUT2D eigenvalue weighted by Crippen LogP contribution is 2.33. The number of hydrogen-bond donors (Lipinski definition) is 0. The summed E-state index contributed by atoms with van der Waals surface area (Å²) in [5.74, 6) is 1.67. The van der Waals surface area contributed by atoms with Gasteiger partial charge in [0.05, 0.1) is 17.1 Å². The maximum atomic E-state index is 13.3.